The number of aromatic nitrogens is 1. The number of halogens is 1. The lowest BCUT2D eigenvalue weighted by molar-refractivity contribution is -0.116. The minimum Gasteiger partial charge on any atom is -0.321 e. The highest BCUT2D eigenvalue weighted by Gasteiger charge is 2.15. The number of rotatable bonds is 6. The van der Waals surface area contributed by atoms with Crippen LogP contribution in [0.4, 0.5) is 10.1 Å². The van der Waals surface area contributed by atoms with E-state index in [1.54, 1.807) is 30.5 Å². The number of pyridine rings is 1. The fourth-order valence-corrected chi connectivity index (χ4v) is 3.26. The summed E-state index contributed by atoms with van der Waals surface area (Å²) in [6.45, 7) is 2.36. The Kier molecular flexibility index (Phi) is 6.17. The molecule has 1 amide bonds. The molecule has 0 aliphatic carbocycles. The minimum atomic E-state index is -0.309. The van der Waals surface area contributed by atoms with E-state index in [1.807, 2.05) is 0 Å². The molecule has 6 heteroatoms. The Morgan fingerprint density at radius 1 is 1.19 bits per heavy atom. The minimum absolute atomic E-state index is 0.125. The molecule has 1 aromatic heterocycles. The highest BCUT2D eigenvalue weighted by Crippen LogP contribution is 2.18. The molecule has 1 aromatic carbocycles. The average molecular weight is 357 g/mol. The van der Waals surface area contributed by atoms with Crippen molar-refractivity contribution >= 4 is 11.6 Å². The number of carbonyl (C=O) groups excluding carboxylic acids is 1. The van der Waals surface area contributed by atoms with Crippen molar-refractivity contribution in [2.24, 2.45) is 5.92 Å². The third kappa shape index (κ3) is 5.02. The number of nitrogens with one attached hydrogen (secondary N) is 2. The van der Waals surface area contributed by atoms with Crippen LogP contribution in [0.3, 0.4) is 0 Å². The number of carbonyl (C=O) groups is 1. The molecule has 1 aliphatic rings. The lowest BCUT2D eigenvalue weighted by Crippen LogP contribution is -2.29. The van der Waals surface area contributed by atoms with Crippen molar-refractivity contribution in [2.45, 2.75) is 32.2 Å². The number of nitrogens with zero attached hydrogens (tertiary/aromatic N) is 1. The van der Waals surface area contributed by atoms with Crippen LogP contribution < -0.4 is 16.2 Å². The van der Waals surface area contributed by atoms with Gasteiger partial charge in [0.05, 0.1) is 6.54 Å². The summed E-state index contributed by atoms with van der Waals surface area (Å²) in [6, 6.07) is 9.37. The third-order valence-corrected chi connectivity index (χ3v) is 4.80. The van der Waals surface area contributed by atoms with Crippen LogP contribution in [0, 0.1) is 11.7 Å². The highest BCUT2D eigenvalue weighted by atomic mass is 19.1. The van der Waals surface area contributed by atoms with Gasteiger partial charge in [0.2, 0.25) is 5.91 Å². The van der Waals surface area contributed by atoms with Crippen LogP contribution in [0.2, 0.25) is 0 Å². The Morgan fingerprint density at radius 2 is 1.92 bits per heavy atom. The zero-order valence-corrected chi connectivity index (χ0v) is 14.7. The molecule has 2 heterocycles. The zero-order valence-electron chi connectivity index (χ0n) is 14.7. The number of piperidine rings is 1. The van der Waals surface area contributed by atoms with E-state index in [1.165, 1.54) is 16.7 Å². The molecule has 2 N–H and O–H groups in total. The monoisotopic (exact) mass is 357 g/mol. The Labute approximate surface area is 152 Å². The number of amides is 1. The molecular formula is C20H24FN3O2. The lowest BCUT2D eigenvalue weighted by atomic mass is 9.93. The third-order valence-electron chi connectivity index (χ3n) is 4.80. The van der Waals surface area contributed by atoms with Crippen LogP contribution in [0.1, 0.15) is 31.2 Å². The molecule has 3 rings (SSSR count). The number of benzene rings is 1. The first kappa shape index (κ1) is 18.3. The van der Waals surface area contributed by atoms with Gasteiger partial charge in [-0.2, -0.15) is 0 Å². The summed E-state index contributed by atoms with van der Waals surface area (Å²) in [6.07, 6.45) is 5.14. The van der Waals surface area contributed by atoms with Crippen molar-refractivity contribution in [3.8, 4) is 0 Å². The summed E-state index contributed by atoms with van der Waals surface area (Å²) in [5, 5.41) is 6.05. The largest absolute Gasteiger partial charge is 0.321 e. The number of hydrogen-bond acceptors (Lipinski definition) is 3. The van der Waals surface area contributed by atoms with Crippen LogP contribution in [0.25, 0.3) is 0 Å². The second kappa shape index (κ2) is 8.76. The number of anilines is 1. The van der Waals surface area contributed by atoms with Gasteiger partial charge in [0.1, 0.15) is 11.5 Å². The van der Waals surface area contributed by atoms with Crippen LogP contribution in [-0.2, 0) is 11.3 Å². The highest BCUT2D eigenvalue weighted by molar-refractivity contribution is 5.90. The maximum atomic E-state index is 13.0. The molecule has 5 nitrogen and oxygen atoms in total. The Morgan fingerprint density at radius 3 is 2.65 bits per heavy atom. The Bertz CT molecular complexity index is 795. The molecule has 26 heavy (non-hydrogen) atoms. The van der Waals surface area contributed by atoms with E-state index in [9.17, 15) is 14.0 Å². The van der Waals surface area contributed by atoms with Gasteiger partial charge >= 0.3 is 0 Å². The van der Waals surface area contributed by atoms with Gasteiger partial charge in [-0.3, -0.25) is 9.59 Å². The molecule has 0 radical (unpaired) electrons. The van der Waals surface area contributed by atoms with Crippen LogP contribution in [-0.4, -0.2) is 23.6 Å². The second-order valence-electron chi connectivity index (χ2n) is 6.76. The predicted molar refractivity (Wildman–Crippen MR) is 99.7 cm³/mol. The predicted octanol–water partition coefficient (Wildman–Crippen LogP) is 2.75. The second-order valence-corrected chi connectivity index (χ2v) is 6.76. The molecule has 0 bridgehead atoms. The molecule has 0 saturated carbocycles. The summed E-state index contributed by atoms with van der Waals surface area (Å²) < 4.78 is 14.5. The van der Waals surface area contributed by atoms with Crippen LogP contribution in [0.5, 0.6) is 0 Å². The topological polar surface area (TPSA) is 63.1 Å². The van der Waals surface area contributed by atoms with Crippen molar-refractivity contribution < 1.29 is 9.18 Å². The van der Waals surface area contributed by atoms with E-state index in [0.29, 0.717) is 18.9 Å². The summed E-state index contributed by atoms with van der Waals surface area (Å²) in [5.74, 6) is 0.143. The first-order valence-electron chi connectivity index (χ1n) is 9.06. The SMILES string of the molecule is O=C(CCC1CCNCC1)Nc1cccn(Cc2ccc(F)cc2)c1=O. The maximum absolute atomic E-state index is 13.0. The van der Waals surface area contributed by atoms with Crippen molar-refractivity contribution in [1.82, 2.24) is 9.88 Å². The first-order chi connectivity index (χ1) is 12.6. The summed E-state index contributed by atoms with van der Waals surface area (Å²) in [4.78, 5) is 24.7. The molecule has 1 saturated heterocycles. The van der Waals surface area contributed by atoms with Gasteiger partial charge in [0, 0.05) is 12.6 Å². The maximum Gasteiger partial charge on any atom is 0.274 e. The van der Waals surface area contributed by atoms with Gasteiger partial charge in [-0.1, -0.05) is 12.1 Å². The van der Waals surface area contributed by atoms with Crippen LogP contribution in [0.15, 0.2) is 47.4 Å². The van der Waals surface area contributed by atoms with E-state index in [4.69, 9.17) is 0 Å². The van der Waals surface area contributed by atoms with E-state index in [0.717, 1.165) is 37.9 Å². The van der Waals surface area contributed by atoms with Gasteiger partial charge in [-0.25, -0.2) is 4.39 Å². The number of hydrogen-bond donors (Lipinski definition) is 2. The quantitative estimate of drug-likeness (QED) is 0.836. The van der Waals surface area contributed by atoms with Gasteiger partial charge in [0.25, 0.3) is 5.56 Å². The molecule has 0 atom stereocenters. The van der Waals surface area contributed by atoms with Gasteiger partial charge in [-0.15, -0.1) is 0 Å². The zero-order chi connectivity index (χ0) is 18.4. The Hall–Kier alpha value is -2.47. The molecule has 1 fully saturated rings. The van der Waals surface area contributed by atoms with E-state index < -0.39 is 0 Å². The smallest absolute Gasteiger partial charge is 0.274 e. The van der Waals surface area contributed by atoms with Crippen molar-refractivity contribution in [1.29, 1.82) is 0 Å². The van der Waals surface area contributed by atoms with Crippen molar-refractivity contribution in [2.75, 3.05) is 18.4 Å². The summed E-state index contributed by atoms with van der Waals surface area (Å²) in [7, 11) is 0. The van der Waals surface area contributed by atoms with E-state index >= 15 is 0 Å². The lowest BCUT2D eigenvalue weighted by Gasteiger charge is -2.22. The fraction of sp³-hybridized carbons (Fsp3) is 0.400. The van der Waals surface area contributed by atoms with E-state index in [-0.39, 0.29) is 23.0 Å². The average Bonchev–Trinajstić information content (AvgIpc) is 2.66. The molecule has 2 aromatic rings. The molecule has 0 unspecified atom stereocenters. The van der Waals surface area contributed by atoms with Gasteiger partial charge in [0.15, 0.2) is 0 Å². The van der Waals surface area contributed by atoms with E-state index in [2.05, 4.69) is 10.6 Å². The standard InChI is InChI=1S/C20H24FN3O2/c21-17-6-3-16(4-7-17)14-24-13-1-2-18(20(24)26)23-19(25)8-5-15-9-11-22-12-10-15/h1-4,6-7,13,15,22H,5,8-12,14H2,(H,23,25). The van der Waals surface area contributed by atoms with Gasteiger partial charge < -0.3 is 15.2 Å². The molecule has 1 aliphatic heterocycles. The van der Waals surface area contributed by atoms with Crippen molar-refractivity contribution in [3.63, 3.8) is 0 Å². The van der Waals surface area contributed by atoms with Crippen molar-refractivity contribution in [3.05, 3.63) is 64.3 Å². The Balaban J connectivity index is 1.60. The fourth-order valence-electron chi connectivity index (χ4n) is 3.26. The molecule has 138 valence electrons. The first-order valence-corrected chi connectivity index (χ1v) is 9.06. The van der Waals surface area contributed by atoms with Gasteiger partial charge in [-0.05, 0) is 68.1 Å². The van der Waals surface area contributed by atoms with Crippen LogP contribution >= 0.6 is 0 Å². The summed E-state index contributed by atoms with van der Waals surface area (Å²) in [5.41, 5.74) is 0.847. The molecular weight excluding hydrogens is 333 g/mol. The normalized spacial score (nSPS) is 15.0. The molecule has 0 spiro atoms. The summed E-state index contributed by atoms with van der Waals surface area (Å²) >= 11 is 0.